The van der Waals surface area contributed by atoms with E-state index in [4.69, 9.17) is 57.7 Å². The molecular formula is CH16NO12P3. The first-order valence-corrected chi connectivity index (χ1v) is 7.04. The molecule has 0 fully saturated rings. The lowest BCUT2D eigenvalue weighted by Crippen LogP contribution is -1.66. The zero-order valence-corrected chi connectivity index (χ0v) is 9.98. The highest BCUT2D eigenvalue weighted by atomic mass is 31.2. The highest BCUT2D eigenvalue weighted by Crippen LogP contribution is 2.26. The Kier molecular flexibility index (Phi) is 20.3. The first-order chi connectivity index (χ1) is 6.00. The van der Waals surface area contributed by atoms with Gasteiger partial charge in [0.15, 0.2) is 0 Å². The third-order valence-electron chi connectivity index (χ3n) is 0. The molecule has 0 radical (unpaired) electrons. The van der Waals surface area contributed by atoms with Crippen LogP contribution in [0.1, 0.15) is 7.43 Å². The van der Waals surface area contributed by atoms with E-state index in [9.17, 15) is 0 Å². The van der Waals surface area contributed by atoms with E-state index in [1.807, 2.05) is 0 Å². The van der Waals surface area contributed by atoms with Crippen LogP contribution in [0, 0.1) is 0 Å². The standard InChI is InChI=1S/CH4.H3N.3H3O4P/c;;3*1-5(2,3)4/h1H4;1H3;3*(H3,1,2,3,4). The van der Waals surface area contributed by atoms with Crippen LogP contribution in [0.4, 0.5) is 0 Å². The number of hydrogen-bond donors (Lipinski definition) is 10. The molecule has 17 heavy (non-hydrogen) atoms. The van der Waals surface area contributed by atoms with Crippen molar-refractivity contribution in [3.05, 3.63) is 0 Å². The van der Waals surface area contributed by atoms with Gasteiger partial charge in [0.05, 0.1) is 0 Å². The summed E-state index contributed by atoms with van der Waals surface area (Å²) in [4.78, 5) is 64.7. The predicted octanol–water partition coefficient (Wildman–Crippen LogP) is -1.99. The SMILES string of the molecule is C.N.O=P(O)(O)O.O=P(O)(O)O.O=P(O)(O)O. The molecule has 0 aliphatic carbocycles. The topological polar surface area (TPSA) is 268 Å². The predicted molar refractivity (Wildman–Crippen MR) is 54.5 cm³/mol. The fraction of sp³-hybridized carbons (Fsp3) is 1.00. The van der Waals surface area contributed by atoms with Gasteiger partial charge in [0.2, 0.25) is 0 Å². The van der Waals surface area contributed by atoms with Crippen molar-refractivity contribution in [3.63, 3.8) is 0 Å². The van der Waals surface area contributed by atoms with Crippen molar-refractivity contribution in [2.75, 3.05) is 0 Å². The minimum absolute atomic E-state index is 0. The molecule has 0 aromatic rings. The Bertz CT molecular complexity index is 208. The zero-order chi connectivity index (χ0) is 13.5. The molecule has 0 amide bonds. The summed E-state index contributed by atoms with van der Waals surface area (Å²) in [5.41, 5.74) is 0. The van der Waals surface area contributed by atoms with Crippen LogP contribution in [0.5, 0.6) is 0 Å². The van der Waals surface area contributed by atoms with Crippen LogP contribution >= 0.6 is 23.5 Å². The van der Waals surface area contributed by atoms with Crippen LogP contribution in [0.3, 0.4) is 0 Å². The highest BCUT2D eigenvalue weighted by molar-refractivity contribution is 7.45. The lowest BCUT2D eigenvalue weighted by atomic mass is 12.0. The second-order valence-corrected chi connectivity index (χ2v) is 4.62. The molecule has 13 nitrogen and oxygen atoms in total. The average Bonchev–Trinajstić information content (AvgIpc) is 1.41. The second kappa shape index (κ2) is 11.4. The molecule has 0 aromatic heterocycles. The van der Waals surface area contributed by atoms with Gasteiger partial charge in [-0.2, -0.15) is 0 Å². The number of hydrogen-bond acceptors (Lipinski definition) is 4. The Labute approximate surface area is 95.7 Å². The Morgan fingerprint density at radius 1 is 0.471 bits per heavy atom. The lowest BCUT2D eigenvalue weighted by Gasteiger charge is -1.82. The molecule has 12 N–H and O–H groups in total. The number of rotatable bonds is 0. The summed E-state index contributed by atoms with van der Waals surface area (Å²) in [7, 11) is -13.9. The van der Waals surface area contributed by atoms with Gasteiger partial charge in [-0.15, -0.1) is 0 Å². The van der Waals surface area contributed by atoms with Gasteiger partial charge in [0, 0.05) is 0 Å². The molecule has 0 aliphatic heterocycles. The van der Waals surface area contributed by atoms with Crippen LogP contribution in [0.25, 0.3) is 0 Å². The van der Waals surface area contributed by atoms with Gasteiger partial charge in [-0.05, 0) is 0 Å². The molecule has 0 saturated carbocycles. The Morgan fingerprint density at radius 3 is 0.471 bits per heavy atom. The fourth-order valence-electron chi connectivity index (χ4n) is 0. The van der Waals surface area contributed by atoms with Crippen LogP contribution in [0.15, 0.2) is 0 Å². The molecule has 0 unspecified atom stereocenters. The van der Waals surface area contributed by atoms with Crippen molar-refractivity contribution in [2.45, 2.75) is 7.43 Å². The molecule has 0 saturated heterocycles. The smallest absolute Gasteiger partial charge is 0.344 e. The van der Waals surface area contributed by atoms with Gasteiger partial charge < -0.3 is 50.2 Å². The van der Waals surface area contributed by atoms with E-state index in [-0.39, 0.29) is 13.6 Å². The number of phosphoric acid groups is 3. The van der Waals surface area contributed by atoms with Crippen LogP contribution < -0.4 is 6.15 Å². The van der Waals surface area contributed by atoms with Gasteiger partial charge in [0.25, 0.3) is 0 Å². The summed E-state index contributed by atoms with van der Waals surface area (Å²) < 4.78 is 26.6. The van der Waals surface area contributed by atoms with Crippen molar-refractivity contribution < 1.29 is 57.7 Å². The van der Waals surface area contributed by atoms with Crippen molar-refractivity contribution in [2.24, 2.45) is 0 Å². The van der Waals surface area contributed by atoms with Gasteiger partial charge in [0.1, 0.15) is 0 Å². The summed E-state index contributed by atoms with van der Waals surface area (Å²) >= 11 is 0. The van der Waals surface area contributed by atoms with E-state index in [0.29, 0.717) is 0 Å². The molecule has 112 valence electrons. The Hall–Kier alpha value is 0.290. The maximum atomic E-state index is 8.88. The fourth-order valence-corrected chi connectivity index (χ4v) is 0. The van der Waals surface area contributed by atoms with Gasteiger partial charge in [-0.1, -0.05) is 7.43 Å². The molecular weight excluding hydrogens is 311 g/mol. The molecule has 0 aliphatic rings. The molecule has 0 atom stereocenters. The maximum absolute atomic E-state index is 8.88. The minimum atomic E-state index is -4.64. The summed E-state index contributed by atoms with van der Waals surface area (Å²) in [6.07, 6.45) is 0. The minimum Gasteiger partial charge on any atom is -0.344 e. The maximum Gasteiger partial charge on any atom is 0.466 e. The van der Waals surface area contributed by atoms with E-state index in [1.165, 1.54) is 0 Å². The summed E-state index contributed by atoms with van der Waals surface area (Å²) in [6.45, 7) is 0. The average molecular weight is 327 g/mol. The van der Waals surface area contributed by atoms with Crippen molar-refractivity contribution in [1.82, 2.24) is 6.15 Å². The van der Waals surface area contributed by atoms with E-state index < -0.39 is 23.5 Å². The first-order valence-electron chi connectivity index (χ1n) is 2.35. The van der Waals surface area contributed by atoms with E-state index >= 15 is 0 Å². The molecule has 16 heteroatoms. The monoisotopic (exact) mass is 327 g/mol. The molecule has 0 spiro atoms. The summed E-state index contributed by atoms with van der Waals surface area (Å²) in [6, 6.07) is 0. The Morgan fingerprint density at radius 2 is 0.471 bits per heavy atom. The highest BCUT2D eigenvalue weighted by Gasteiger charge is 2.01. The summed E-state index contributed by atoms with van der Waals surface area (Å²) in [5, 5.41) is 0. The lowest BCUT2D eigenvalue weighted by molar-refractivity contribution is 0.272. The summed E-state index contributed by atoms with van der Waals surface area (Å²) in [5.74, 6) is 0. The van der Waals surface area contributed by atoms with E-state index in [0.717, 1.165) is 0 Å². The van der Waals surface area contributed by atoms with Crippen LogP contribution in [-0.2, 0) is 13.7 Å². The van der Waals surface area contributed by atoms with Gasteiger partial charge in [-0.25, -0.2) is 13.7 Å². The molecule has 0 rings (SSSR count). The normalized spacial score (nSPS) is 10.4. The third kappa shape index (κ3) is 39600. The van der Waals surface area contributed by atoms with Crippen molar-refractivity contribution >= 4 is 23.5 Å². The van der Waals surface area contributed by atoms with E-state index in [1.54, 1.807) is 0 Å². The molecule has 0 aromatic carbocycles. The molecule has 0 bridgehead atoms. The first kappa shape index (κ1) is 30.4. The largest absolute Gasteiger partial charge is 0.466 e. The quantitative estimate of drug-likeness (QED) is 0.216. The second-order valence-electron chi connectivity index (χ2n) is 1.54. The Balaban J connectivity index is -0.0000000400. The van der Waals surface area contributed by atoms with E-state index in [2.05, 4.69) is 0 Å². The zero-order valence-electron chi connectivity index (χ0n) is 7.30. The van der Waals surface area contributed by atoms with Gasteiger partial charge in [-0.3, -0.25) is 0 Å². The van der Waals surface area contributed by atoms with Gasteiger partial charge >= 0.3 is 23.5 Å². The molecule has 0 heterocycles. The van der Waals surface area contributed by atoms with Crippen LogP contribution in [-0.4, -0.2) is 44.0 Å². The third-order valence-corrected chi connectivity index (χ3v) is 0. The van der Waals surface area contributed by atoms with Crippen molar-refractivity contribution in [1.29, 1.82) is 0 Å². The van der Waals surface area contributed by atoms with Crippen molar-refractivity contribution in [3.8, 4) is 0 Å². The van der Waals surface area contributed by atoms with Crippen LogP contribution in [0.2, 0.25) is 0 Å².